The lowest BCUT2D eigenvalue weighted by Gasteiger charge is -2.35. The first-order valence-electron chi connectivity index (χ1n) is 14.0. The lowest BCUT2D eigenvalue weighted by molar-refractivity contribution is -0.141. The monoisotopic (exact) mass is 595 g/mol. The van der Waals surface area contributed by atoms with Gasteiger partial charge in [0.15, 0.2) is 0 Å². The van der Waals surface area contributed by atoms with Crippen LogP contribution in [0.5, 0.6) is 11.5 Å². The van der Waals surface area contributed by atoms with E-state index >= 15 is 0 Å². The first-order valence-corrected chi connectivity index (χ1v) is 14.0. The van der Waals surface area contributed by atoms with Crippen molar-refractivity contribution in [3.63, 3.8) is 0 Å². The van der Waals surface area contributed by atoms with E-state index in [-0.39, 0.29) is 23.6 Å². The van der Waals surface area contributed by atoms with Gasteiger partial charge < -0.3 is 19.7 Å². The number of aromatic nitrogens is 3. The number of pyridine rings is 1. The molecule has 1 N–H and O–H groups in total. The van der Waals surface area contributed by atoms with Gasteiger partial charge in [0.1, 0.15) is 17.2 Å². The zero-order valence-electron chi connectivity index (χ0n) is 23.9. The third-order valence-electron chi connectivity index (χ3n) is 7.49. The minimum atomic E-state index is -4.53. The molecule has 4 aromatic rings. The Morgan fingerprint density at radius 2 is 1.81 bits per heavy atom. The van der Waals surface area contributed by atoms with E-state index in [1.54, 1.807) is 37.4 Å². The molecule has 0 bridgehead atoms. The average Bonchev–Trinajstić information content (AvgIpc) is 3.41. The van der Waals surface area contributed by atoms with Crippen molar-refractivity contribution in [1.82, 2.24) is 25.0 Å². The Morgan fingerprint density at radius 3 is 2.51 bits per heavy atom. The number of hydrogen-bond donors (Lipinski definition) is 1. The van der Waals surface area contributed by atoms with Gasteiger partial charge in [-0.2, -0.15) is 18.3 Å². The molecular formula is C31H32F3N5O4. The van der Waals surface area contributed by atoms with E-state index in [9.17, 15) is 22.8 Å². The molecule has 3 heterocycles. The van der Waals surface area contributed by atoms with Crippen LogP contribution in [0.3, 0.4) is 0 Å². The lowest BCUT2D eigenvalue weighted by Crippen LogP contribution is -2.45. The minimum Gasteiger partial charge on any atom is -0.456 e. The van der Waals surface area contributed by atoms with Crippen LogP contribution in [0.15, 0.2) is 60.9 Å². The molecule has 43 heavy (non-hydrogen) atoms. The molecule has 1 unspecified atom stereocenters. The Kier molecular flexibility index (Phi) is 8.95. The van der Waals surface area contributed by atoms with Crippen molar-refractivity contribution in [2.45, 2.75) is 44.9 Å². The molecule has 0 spiro atoms. The Balaban J connectivity index is 1.26. The first kappa shape index (κ1) is 30.0. The second-order valence-corrected chi connectivity index (χ2v) is 10.4. The van der Waals surface area contributed by atoms with Crippen molar-refractivity contribution in [3.05, 3.63) is 83.3 Å². The topological polar surface area (TPSA) is 98.6 Å². The molecule has 1 aliphatic heterocycles. The number of aryl methyl sites for hydroxylation is 1. The maximum atomic E-state index is 13.5. The summed E-state index contributed by atoms with van der Waals surface area (Å²) >= 11 is 0. The number of alkyl halides is 3. The van der Waals surface area contributed by atoms with E-state index in [2.05, 4.69) is 10.3 Å². The fourth-order valence-corrected chi connectivity index (χ4v) is 5.23. The normalized spacial score (nSPS) is 15.5. The van der Waals surface area contributed by atoms with E-state index in [0.29, 0.717) is 43.1 Å². The Morgan fingerprint density at radius 1 is 1.05 bits per heavy atom. The highest BCUT2D eigenvalue weighted by Crippen LogP contribution is 2.30. The third-order valence-corrected chi connectivity index (χ3v) is 7.49. The molecule has 226 valence electrons. The van der Waals surface area contributed by atoms with Crippen molar-refractivity contribution in [3.8, 4) is 11.5 Å². The molecule has 9 nitrogen and oxygen atoms in total. The summed E-state index contributed by atoms with van der Waals surface area (Å²) in [5, 5.41) is 8.46. The summed E-state index contributed by atoms with van der Waals surface area (Å²) in [7, 11) is 1.58. The summed E-state index contributed by atoms with van der Waals surface area (Å²) in [6.45, 7) is 3.88. The summed E-state index contributed by atoms with van der Waals surface area (Å²) in [6.07, 6.45) is 1.13. The number of nitrogens with zero attached hydrogens (tertiary/aromatic N) is 4. The number of methoxy groups -OCH3 is 1. The largest absolute Gasteiger partial charge is 0.456 e. The number of fused-ring (bicyclic) bond motifs is 1. The first-order chi connectivity index (χ1) is 20.6. The zero-order chi connectivity index (χ0) is 30.6. The zero-order valence-corrected chi connectivity index (χ0v) is 23.9. The predicted octanol–water partition coefficient (Wildman–Crippen LogP) is 5.62. The van der Waals surface area contributed by atoms with Gasteiger partial charge in [-0.25, -0.2) is 4.98 Å². The highest BCUT2D eigenvalue weighted by molar-refractivity contribution is 6.00. The number of hydrogen-bond acceptors (Lipinski definition) is 6. The molecular weight excluding hydrogens is 563 g/mol. The molecule has 1 atom stereocenters. The summed E-state index contributed by atoms with van der Waals surface area (Å²) in [6, 6.07) is 12.1. The third kappa shape index (κ3) is 6.96. The van der Waals surface area contributed by atoms with Gasteiger partial charge in [-0.1, -0.05) is 0 Å². The highest BCUT2D eigenvalue weighted by Gasteiger charge is 2.32. The number of amides is 2. The van der Waals surface area contributed by atoms with E-state index in [1.807, 2.05) is 28.8 Å². The Labute approximate surface area is 246 Å². The highest BCUT2D eigenvalue weighted by atomic mass is 19.4. The number of piperidine rings is 1. The summed E-state index contributed by atoms with van der Waals surface area (Å²) in [4.78, 5) is 31.4. The Hall–Kier alpha value is -4.45. The van der Waals surface area contributed by atoms with Crippen LogP contribution in [-0.4, -0.2) is 64.3 Å². The number of likely N-dealkylation sites (tertiary alicyclic amines) is 1. The van der Waals surface area contributed by atoms with Crippen molar-refractivity contribution in [2.24, 2.45) is 0 Å². The maximum Gasteiger partial charge on any atom is 0.433 e. The van der Waals surface area contributed by atoms with Crippen LogP contribution in [0.4, 0.5) is 13.2 Å². The number of halogens is 3. The SMILES string of the molecule is COCCNC(=O)c1ccc2nn(CC3CCCCN3C(=O)c3ccc(Oc4ccc(C(F)(F)F)nc4)cc3)cc2c1C. The molecule has 1 aliphatic rings. The van der Waals surface area contributed by atoms with Crippen molar-refractivity contribution in [2.75, 3.05) is 26.8 Å². The molecule has 2 aromatic heterocycles. The smallest absolute Gasteiger partial charge is 0.433 e. The second-order valence-electron chi connectivity index (χ2n) is 10.4. The molecule has 0 aliphatic carbocycles. The van der Waals surface area contributed by atoms with E-state index in [4.69, 9.17) is 14.6 Å². The van der Waals surface area contributed by atoms with Gasteiger partial charge in [0.2, 0.25) is 0 Å². The fourth-order valence-electron chi connectivity index (χ4n) is 5.23. The summed E-state index contributed by atoms with van der Waals surface area (Å²) < 4.78 is 50.7. The van der Waals surface area contributed by atoms with E-state index in [0.717, 1.165) is 48.0 Å². The number of carbonyl (C=O) groups is 2. The van der Waals surface area contributed by atoms with Crippen LogP contribution in [0.25, 0.3) is 10.9 Å². The number of carbonyl (C=O) groups excluding carboxylic acids is 2. The summed E-state index contributed by atoms with van der Waals surface area (Å²) in [5.74, 6) is 0.249. The van der Waals surface area contributed by atoms with Crippen LogP contribution in [0, 0.1) is 6.92 Å². The van der Waals surface area contributed by atoms with Gasteiger partial charge in [-0.05, 0) is 80.3 Å². The predicted molar refractivity (Wildman–Crippen MR) is 153 cm³/mol. The van der Waals surface area contributed by atoms with Crippen LogP contribution < -0.4 is 10.1 Å². The molecule has 12 heteroatoms. The minimum absolute atomic E-state index is 0.0678. The van der Waals surface area contributed by atoms with Gasteiger partial charge in [-0.15, -0.1) is 0 Å². The molecule has 1 saturated heterocycles. The summed E-state index contributed by atoms with van der Waals surface area (Å²) in [5.41, 5.74) is 1.68. The van der Waals surface area contributed by atoms with Gasteiger partial charge in [0.05, 0.1) is 30.9 Å². The van der Waals surface area contributed by atoms with Gasteiger partial charge >= 0.3 is 6.18 Å². The molecule has 2 amide bonds. The number of rotatable bonds is 9. The quantitative estimate of drug-likeness (QED) is 0.252. The molecule has 0 radical (unpaired) electrons. The van der Waals surface area contributed by atoms with Crippen molar-refractivity contribution < 1.29 is 32.2 Å². The fraction of sp³-hybridized carbons (Fsp3) is 0.355. The maximum absolute atomic E-state index is 13.5. The van der Waals surface area contributed by atoms with Crippen LogP contribution >= 0.6 is 0 Å². The number of nitrogens with one attached hydrogen (secondary N) is 1. The number of benzene rings is 2. The molecule has 0 saturated carbocycles. The van der Waals surface area contributed by atoms with Crippen LogP contribution in [0.2, 0.25) is 0 Å². The van der Waals surface area contributed by atoms with Crippen molar-refractivity contribution >= 4 is 22.7 Å². The van der Waals surface area contributed by atoms with Gasteiger partial charge in [0.25, 0.3) is 11.8 Å². The number of ether oxygens (including phenoxy) is 2. The molecule has 1 fully saturated rings. The van der Waals surface area contributed by atoms with E-state index in [1.165, 1.54) is 6.07 Å². The average molecular weight is 596 g/mol. The lowest BCUT2D eigenvalue weighted by atomic mass is 10.0. The van der Waals surface area contributed by atoms with Gasteiger partial charge in [0, 0.05) is 42.9 Å². The van der Waals surface area contributed by atoms with E-state index < -0.39 is 11.9 Å². The standard InChI is InChI=1S/C31H32F3N5O4/c1-20-25(29(40)35-14-16-42-2)11-12-27-26(20)19-38(37-27)18-22-5-3-4-15-39(22)30(41)21-6-8-23(9-7-21)43-24-10-13-28(36-17-24)31(32,33)34/h6-13,17,19,22H,3-5,14-16,18H2,1-2H3,(H,35,40). The Bertz CT molecular complexity index is 1590. The van der Waals surface area contributed by atoms with Gasteiger partial charge in [-0.3, -0.25) is 14.3 Å². The van der Waals surface area contributed by atoms with Crippen LogP contribution in [0.1, 0.15) is 51.2 Å². The van der Waals surface area contributed by atoms with Crippen molar-refractivity contribution in [1.29, 1.82) is 0 Å². The van der Waals surface area contributed by atoms with Crippen LogP contribution in [-0.2, 0) is 17.5 Å². The second kappa shape index (κ2) is 12.8. The molecule has 2 aromatic carbocycles. The molecule has 5 rings (SSSR count).